The van der Waals surface area contributed by atoms with Crippen molar-refractivity contribution in [3.63, 3.8) is 0 Å². The Bertz CT molecular complexity index is 536. The Labute approximate surface area is 106 Å². The van der Waals surface area contributed by atoms with Crippen molar-refractivity contribution < 1.29 is 4.39 Å². The molecule has 5 heteroatoms. The van der Waals surface area contributed by atoms with Crippen LogP contribution in [-0.4, -0.2) is 14.8 Å². The van der Waals surface area contributed by atoms with Crippen LogP contribution < -0.4 is 5.73 Å². The normalized spacial score (nSPS) is 12.7. The standard InChI is InChI=1S/C13H17FN4/c1-3-18-13(16-8-17-18)7-12(15)10-4-5-11(14)9(2)6-10/h4-6,8,12H,3,7,15H2,1-2H3. The molecule has 0 fully saturated rings. The Kier molecular flexibility index (Phi) is 3.72. The van der Waals surface area contributed by atoms with E-state index >= 15 is 0 Å². The summed E-state index contributed by atoms with van der Waals surface area (Å²) >= 11 is 0. The Hall–Kier alpha value is -1.75. The van der Waals surface area contributed by atoms with E-state index in [2.05, 4.69) is 10.1 Å². The summed E-state index contributed by atoms with van der Waals surface area (Å²) in [6, 6.07) is 4.76. The molecule has 0 aliphatic rings. The minimum Gasteiger partial charge on any atom is -0.324 e. The largest absolute Gasteiger partial charge is 0.324 e. The van der Waals surface area contributed by atoms with Gasteiger partial charge in [-0.1, -0.05) is 12.1 Å². The second-order valence-electron chi connectivity index (χ2n) is 4.31. The third-order valence-electron chi connectivity index (χ3n) is 3.01. The number of aromatic nitrogens is 3. The van der Waals surface area contributed by atoms with Gasteiger partial charge in [-0.3, -0.25) is 4.68 Å². The van der Waals surface area contributed by atoms with Gasteiger partial charge in [0.25, 0.3) is 0 Å². The minimum absolute atomic E-state index is 0.196. The zero-order chi connectivity index (χ0) is 13.1. The van der Waals surface area contributed by atoms with Crippen LogP contribution in [0.4, 0.5) is 4.39 Å². The van der Waals surface area contributed by atoms with Gasteiger partial charge in [-0.25, -0.2) is 9.37 Å². The molecule has 0 amide bonds. The van der Waals surface area contributed by atoms with Crippen LogP contribution in [0.2, 0.25) is 0 Å². The topological polar surface area (TPSA) is 56.7 Å². The summed E-state index contributed by atoms with van der Waals surface area (Å²) in [7, 11) is 0. The van der Waals surface area contributed by atoms with E-state index in [1.807, 2.05) is 11.6 Å². The monoisotopic (exact) mass is 248 g/mol. The molecule has 0 aliphatic heterocycles. The number of benzene rings is 1. The third kappa shape index (κ3) is 2.56. The van der Waals surface area contributed by atoms with Crippen molar-refractivity contribution >= 4 is 0 Å². The summed E-state index contributed by atoms with van der Waals surface area (Å²) in [5.74, 6) is 0.648. The van der Waals surface area contributed by atoms with Gasteiger partial charge < -0.3 is 5.73 Å². The van der Waals surface area contributed by atoms with E-state index in [-0.39, 0.29) is 11.9 Å². The molecule has 0 aliphatic carbocycles. The zero-order valence-electron chi connectivity index (χ0n) is 10.6. The molecular weight excluding hydrogens is 231 g/mol. The van der Waals surface area contributed by atoms with Crippen molar-refractivity contribution in [2.45, 2.75) is 32.9 Å². The highest BCUT2D eigenvalue weighted by Crippen LogP contribution is 2.18. The Morgan fingerprint density at radius 1 is 1.44 bits per heavy atom. The summed E-state index contributed by atoms with van der Waals surface area (Å²) in [6.45, 7) is 4.51. The third-order valence-corrected chi connectivity index (χ3v) is 3.01. The second-order valence-corrected chi connectivity index (χ2v) is 4.31. The molecule has 1 aromatic carbocycles. The van der Waals surface area contributed by atoms with Crippen LogP contribution in [-0.2, 0) is 13.0 Å². The first kappa shape index (κ1) is 12.7. The van der Waals surface area contributed by atoms with Crippen LogP contribution in [0.15, 0.2) is 24.5 Å². The van der Waals surface area contributed by atoms with Crippen molar-refractivity contribution in [1.82, 2.24) is 14.8 Å². The van der Waals surface area contributed by atoms with E-state index in [0.717, 1.165) is 17.9 Å². The van der Waals surface area contributed by atoms with Crippen LogP contribution in [0, 0.1) is 12.7 Å². The van der Waals surface area contributed by atoms with E-state index in [4.69, 9.17) is 5.73 Å². The van der Waals surface area contributed by atoms with Gasteiger partial charge in [-0.05, 0) is 31.0 Å². The highest BCUT2D eigenvalue weighted by Gasteiger charge is 2.12. The quantitative estimate of drug-likeness (QED) is 0.900. The Morgan fingerprint density at radius 2 is 2.22 bits per heavy atom. The molecule has 1 heterocycles. The van der Waals surface area contributed by atoms with Crippen LogP contribution in [0.3, 0.4) is 0 Å². The van der Waals surface area contributed by atoms with Crippen molar-refractivity contribution in [3.8, 4) is 0 Å². The van der Waals surface area contributed by atoms with Gasteiger partial charge in [0.15, 0.2) is 0 Å². The Balaban J connectivity index is 2.16. The molecule has 4 nitrogen and oxygen atoms in total. The summed E-state index contributed by atoms with van der Waals surface area (Å²) < 4.78 is 15.0. The first-order valence-electron chi connectivity index (χ1n) is 6.00. The average molecular weight is 248 g/mol. The molecular formula is C13H17FN4. The molecule has 0 radical (unpaired) electrons. The molecule has 0 spiro atoms. The van der Waals surface area contributed by atoms with E-state index in [1.54, 1.807) is 19.1 Å². The molecule has 18 heavy (non-hydrogen) atoms. The first-order chi connectivity index (χ1) is 8.61. The maximum absolute atomic E-state index is 13.2. The average Bonchev–Trinajstić information content (AvgIpc) is 2.79. The number of hydrogen-bond donors (Lipinski definition) is 1. The summed E-state index contributed by atoms with van der Waals surface area (Å²) in [6.07, 6.45) is 2.13. The van der Waals surface area contributed by atoms with Crippen LogP contribution in [0.25, 0.3) is 0 Å². The maximum Gasteiger partial charge on any atom is 0.138 e. The second kappa shape index (κ2) is 5.27. The molecule has 1 aromatic heterocycles. The van der Waals surface area contributed by atoms with Gasteiger partial charge in [-0.15, -0.1) is 0 Å². The van der Waals surface area contributed by atoms with Crippen LogP contribution in [0.1, 0.15) is 29.9 Å². The Morgan fingerprint density at radius 3 is 2.89 bits per heavy atom. The molecule has 1 unspecified atom stereocenters. The van der Waals surface area contributed by atoms with Crippen LogP contribution in [0.5, 0.6) is 0 Å². The SMILES string of the molecule is CCn1ncnc1CC(N)c1ccc(F)c(C)c1. The first-order valence-corrected chi connectivity index (χ1v) is 6.00. The van der Waals surface area contributed by atoms with E-state index in [1.165, 1.54) is 12.4 Å². The highest BCUT2D eigenvalue weighted by atomic mass is 19.1. The van der Waals surface area contributed by atoms with Gasteiger partial charge in [0.2, 0.25) is 0 Å². The summed E-state index contributed by atoms with van der Waals surface area (Å²) in [5.41, 5.74) is 7.65. The molecule has 0 saturated carbocycles. The van der Waals surface area contributed by atoms with Gasteiger partial charge in [0, 0.05) is 19.0 Å². The predicted molar refractivity (Wildman–Crippen MR) is 67.5 cm³/mol. The molecule has 1 atom stereocenters. The highest BCUT2D eigenvalue weighted by molar-refractivity contribution is 5.26. The lowest BCUT2D eigenvalue weighted by molar-refractivity contribution is 0.578. The molecule has 2 rings (SSSR count). The van der Waals surface area contributed by atoms with Crippen molar-refractivity contribution in [1.29, 1.82) is 0 Å². The summed E-state index contributed by atoms with van der Waals surface area (Å²) in [4.78, 5) is 4.19. The summed E-state index contributed by atoms with van der Waals surface area (Å²) in [5, 5.41) is 4.10. The number of halogens is 1. The van der Waals surface area contributed by atoms with E-state index in [9.17, 15) is 4.39 Å². The lowest BCUT2D eigenvalue weighted by Gasteiger charge is -2.13. The van der Waals surface area contributed by atoms with E-state index in [0.29, 0.717) is 12.0 Å². The number of hydrogen-bond acceptors (Lipinski definition) is 3. The maximum atomic E-state index is 13.2. The van der Waals surface area contributed by atoms with Gasteiger partial charge >= 0.3 is 0 Å². The number of rotatable bonds is 4. The molecule has 0 saturated heterocycles. The lowest BCUT2D eigenvalue weighted by Crippen LogP contribution is -2.17. The van der Waals surface area contributed by atoms with E-state index < -0.39 is 0 Å². The van der Waals surface area contributed by atoms with Crippen molar-refractivity contribution in [2.75, 3.05) is 0 Å². The minimum atomic E-state index is -0.206. The molecule has 0 bridgehead atoms. The molecule has 2 aromatic rings. The smallest absolute Gasteiger partial charge is 0.138 e. The lowest BCUT2D eigenvalue weighted by atomic mass is 10.0. The molecule has 2 N–H and O–H groups in total. The van der Waals surface area contributed by atoms with Crippen LogP contribution >= 0.6 is 0 Å². The predicted octanol–water partition coefficient (Wildman–Crippen LogP) is 1.99. The number of aryl methyl sites for hydroxylation is 2. The van der Waals surface area contributed by atoms with Gasteiger partial charge in [-0.2, -0.15) is 5.10 Å². The zero-order valence-corrected chi connectivity index (χ0v) is 10.6. The number of nitrogens with zero attached hydrogens (tertiary/aromatic N) is 3. The van der Waals surface area contributed by atoms with Crippen molar-refractivity contribution in [2.24, 2.45) is 5.73 Å². The fourth-order valence-corrected chi connectivity index (χ4v) is 1.92. The van der Waals surface area contributed by atoms with Gasteiger partial charge in [0.05, 0.1) is 0 Å². The fourth-order valence-electron chi connectivity index (χ4n) is 1.92. The number of nitrogens with two attached hydrogens (primary N) is 1. The fraction of sp³-hybridized carbons (Fsp3) is 0.385. The molecule has 96 valence electrons. The van der Waals surface area contributed by atoms with Gasteiger partial charge in [0.1, 0.15) is 18.0 Å². The van der Waals surface area contributed by atoms with Crippen molar-refractivity contribution in [3.05, 3.63) is 47.3 Å².